The molecule has 146 valence electrons. The molecule has 2 aromatic heterocycles. The average molecular weight is 387 g/mol. The topological polar surface area (TPSA) is 80.0 Å². The number of carbonyl (C=O) groups is 1. The molecule has 0 radical (unpaired) electrons. The summed E-state index contributed by atoms with van der Waals surface area (Å²) in [4.78, 5) is 26.0. The Labute approximate surface area is 167 Å². The van der Waals surface area contributed by atoms with Crippen molar-refractivity contribution in [3.05, 3.63) is 54.4 Å². The molecule has 3 heterocycles. The lowest BCUT2D eigenvalue weighted by molar-refractivity contribution is 0.0748. The fraction of sp³-hybridized carbons (Fsp3) is 0.286. The molecule has 0 spiro atoms. The Morgan fingerprint density at radius 2 is 1.79 bits per heavy atom. The third-order valence-electron chi connectivity index (χ3n) is 5.47. The second kappa shape index (κ2) is 7.12. The van der Waals surface area contributed by atoms with Crippen LogP contribution in [0.15, 0.2) is 48.8 Å². The maximum atomic E-state index is 13.2. The molecule has 0 bridgehead atoms. The minimum Gasteiger partial charge on any atom is -0.351 e. The molecule has 1 saturated heterocycles. The van der Waals surface area contributed by atoms with E-state index in [1.165, 1.54) is 0 Å². The number of hydrogen-bond acceptors (Lipinski definition) is 6. The number of benzene rings is 2. The van der Waals surface area contributed by atoms with Crippen LogP contribution in [0.1, 0.15) is 17.3 Å². The van der Waals surface area contributed by atoms with Crippen molar-refractivity contribution in [3.63, 3.8) is 0 Å². The van der Waals surface area contributed by atoms with Crippen LogP contribution in [-0.2, 0) is 6.54 Å². The number of carbonyl (C=O) groups excluding carboxylic acids is 1. The Kier molecular flexibility index (Phi) is 4.31. The molecule has 4 aromatic rings. The minimum atomic E-state index is 0.0752. The van der Waals surface area contributed by atoms with Gasteiger partial charge < -0.3 is 9.80 Å². The quantitative estimate of drug-likeness (QED) is 0.537. The molecule has 8 heteroatoms. The number of rotatable bonds is 3. The van der Waals surface area contributed by atoms with Crippen molar-refractivity contribution in [1.82, 2.24) is 29.9 Å². The lowest BCUT2D eigenvalue weighted by atomic mass is 10.0. The molecule has 2 aromatic carbocycles. The maximum absolute atomic E-state index is 13.2. The van der Waals surface area contributed by atoms with Gasteiger partial charge >= 0.3 is 0 Å². The van der Waals surface area contributed by atoms with Crippen LogP contribution < -0.4 is 4.90 Å². The van der Waals surface area contributed by atoms with E-state index in [1.807, 2.05) is 54.3 Å². The van der Waals surface area contributed by atoms with Gasteiger partial charge in [0.2, 0.25) is 0 Å². The number of fused-ring (bicyclic) bond motifs is 2. The van der Waals surface area contributed by atoms with E-state index >= 15 is 0 Å². The van der Waals surface area contributed by atoms with Crippen LogP contribution in [0.4, 0.5) is 5.82 Å². The van der Waals surface area contributed by atoms with E-state index in [2.05, 4.69) is 25.2 Å². The summed E-state index contributed by atoms with van der Waals surface area (Å²) in [7, 11) is 0. The molecule has 5 rings (SSSR count). The Morgan fingerprint density at radius 1 is 1.00 bits per heavy atom. The van der Waals surface area contributed by atoms with E-state index in [-0.39, 0.29) is 5.91 Å². The van der Waals surface area contributed by atoms with Gasteiger partial charge in [0.15, 0.2) is 17.0 Å². The minimum absolute atomic E-state index is 0.0752. The van der Waals surface area contributed by atoms with E-state index in [0.29, 0.717) is 38.2 Å². The highest BCUT2D eigenvalue weighted by molar-refractivity contribution is 6.07. The van der Waals surface area contributed by atoms with Gasteiger partial charge in [-0.05, 0) is 23.8 Å². The van der Waals surface area contributed by atoms with E-state index < -0.39 is 0 Å². The Bertz CT molecular complexity index is 1190. The van der Waals surface area contributed by atoms with Gasteiger partial charge in [0, 0.05) is 38.3 Å². The summed E-state index contributed by atoms with van der Waals surface area (Å²) in [5.74, 6) is 0.859. The first-order chi connectivity index (χ1) is 14.3. The lowest BCUT2D eigenvalue weighted by Crippen LogP contribution is -2.49. The van der Waals surface area contributed by atoms with Crippen LogP contribution >= 0.6 is 0 Å². The number of amides is 1. The highest BCUT2D eigenvalue weighted by Gasteiger charge is 2.26. The van der Waals surface area contributed by atoms with Gasteiger partial charge in [0.1, 0.15) is 6.33 Å². The van der Waals surface area contributed by atoms with Crippen LogP contribution in [0, 0.1) is 0 Å². The Balaban J connectivity index is 1.37. The summed E-state index contributed by atoms with van der Waals surface area (Å²) in [6.07, 6.45) is 1.56. The smallest absolute Gasteiger partial charge is 0.254 e. The molecule has 0 atom stereocenters. The van der Waals surface area contributed by atoms with Gasteiger partial charge in [0.25, 0.3) is 5.91 Å². The number of aryl methyl sites for hydroxylation is 1. The van der Waals surface area contributed by atoms with E-state index in [9.17, 15) is 4.79 Å². The second-order valence-corrected chi connectivity index (χ2v) is 7.08. The van der Waals surface area contributed by atoms with E-state index in [1.54, 1.807) is 11.0 Å². The number of piperazine rings is 1. The standard InChI is InChI=1S/C21H21N7O/c1-2-28-20-18(24-25-28)19(22-14-23-20)26-10-12-27(13-11-26)21(29)17-9-5-7-15-6-3-4-8-16(15)17/h3-9,14H,2,10-13H2,1H3. The highest BCUT2D eigenvalue weighted by Crippen LogP contribution is 2.24. The van der Waals surface area contributed by atoms with Crippen molar-refractivity contribution in [2.45, 2.75) is 13.5 Å². The van der Waals surface area contributed by atoms with E-state index in [4.69, 9.17) is 0 Å². The summed E-state index contributed by atoms with van der Waals surface area (Å²) in [6.45, 7) is 5.38. The molecule has 29 heavy (non-hydrogen) atoms. The number of nitrogens with zero attached hydrogens (tertiary/aromatic N) is 7. The molecule has 1 fully saturated rings. The molecule has 0 unspecified atom stereocenters. The van der Waals surface area contributed by atoms with Crippen LogP contribution in [0.5, 0.6) is 0 Å². The SMILES string of the molecule is CCn1nnc2c(N3CCN(C(=O)c4cccc5ccccc45)CC3)ncnc21. The first kappa shape index (κ1) is 17.5. The van der Waals surface area contributed by atoms with Crippen molar-refractivity contribution in [3.8, 4) is 0 Å². The van der Waals surface area contributed by atoms with Gasteiger partial charge in [-0.25, -0.2) is 14.6 Å². The summed E-state index contributed by atoms with van der Waals surface area (Å²) < 4.78 is 1.76. The van der Waals surface area contributed by atoms with Gasteiger partial charge in [0.05, 0.1) is 0 Å². The predicted molar refractivity (Wildman–Crippen MR) is 111 cm³/mol. The van der Waals surface area contributed by atoms with Gasteiger partial charge in [-0.2, -0.15) is 0 Å². The normalized spacial score (nSPS) is 14.7. The van der Waals surface area contributed by atoms with Gasteiger partial charge in [-0.15, -0.1) is 5.10 Å². The monoisotopic (exact) mass is 387 g/mol. The second-order valence-electron chi connectivity index (χ2n) is 7.08. The summed E-state index contributed by atoms with van der Waals surface area (Å²) in [5.41, 5.74) is 2.21. The maximum Gasteiger partial charge on any atom is 0.254 e. The van der Waals surface area contributed by atoms with E-state index in [0.717, 1.165) is 27.8 Å². The lowest BCUT2D eigenvalue weighted by Gasteiger charge is -2.35. The fourth-order valence-electron chi connectivity index (χ4n) is 3.93. The summed E-state index contributed by atoms with van der Waals surface area (Å²) >= 11 is 0. The third-order valence-corrected chi connectivity index (χ3v) is 5.47. The molecule has 0 saturated carbocycles. The highest BCUT2D eigenvalue weighted by atomic mass is 16.2. The van der Waals surface area contributed by atoms with Crippen LogP contribution in [0.3, 0.4) is 0 Å². The van der Waals surface area contributed by atoms with Crippen LogP contribution in [-0.4, -0.2) is 61.9 Å². The number of aromatic nitrogens is 5. The predicted octanol–water partition coefficient (Wildman–Crippen LogP) is 2.36. The van der Waals surface area contributed by atoms with Gasteiger partial charge in [-0.3, -0.25) is 4.79 Å². The zero-order chi connectivity index (χ0) is 19.8. The van der Waals surface area contributed by atoms with Crippen molar-refractivity contribution < 1.29 is 4.79 Å². The third kappa shape index (κ3) is 2.97. The van der Waals surface area contributed by atoms with Crippen molar-refractivity contribution in [2.75, 3.05) is 31.1 Å². The number of anilines is 1. The summed E-state index contributed by atoms with van der Waals surface area (Å²) in [6, 6.07) is 13.9. The molecular weight excluding hydrogens is 366 g/mol. The average Bonchev–Trinajstić information content (AvgIpc) is 3.22. The van der Waals surface area contributed by atoms with Crippen molar-refractivity contribution >= 4 is 33.7 Å². The molecule has 0 N–H and O–H groups in total. The molecule has 8 nitrogen and oxygen atoms in total. The van der Waals surface area contributed by atoms with Crippen LogP contribution in [0.2, 0.25) is 0 Å². The first-order valence-electron chi connectivity index (χ1n) is 9.82. The van der Waals surface area contributed by atoms with Crippen LogP contribution in [0.25, 0.3) is 21.9 Å². The van der Waals surface area contributed by atoms with Crippen molar-refractivity contribution in [2.24, 2.45) is 0 Å². The molecule has 0 aliphatic carbocycles. The number of hydrogen-bond donors (Lipinski definition) is 0. The Morgan fingerprint density at radius 3 is 2.62 bits per heavy atom. The molecule has 1 aliphatic rings. The molecule has 1 aliphatic heterocycles. The Hall–Kier alpha value is -3.55. The zero-order valence-corrected chi connectivity index (χ0v) is 16.2. The fourth-order valence-corrected chi connectivity index (χ4v) is 3.93. The van der Waals surface area contributed by atoms with Crippen molar-refractivity contribution in [1.29, 1.82) is 0 Å². The summed E-state index contributed by atoms with van der Waals surface area (Å²) in [5, 5.41) is 10.5. The van der Waals surface area contributed by atoms with Gasteiger partial charge in [-0.1, -0.05) is 41.6 Å². The largest absolute Gasteiger partial charge is 0.351 e. The molecular formula is C21H21N7O. The molecule has 1 amide bonds. The first-order valence-corrected chi connectivity index (χ1v) is 9.82. The zero-order valence-electron chi connectivity index (χ0n) is 16.2.